The number of nitrogens with one attached hydrogen (secondary N) is 1. The summed E-state index contributed by atoms with van der Waals surface area (Å²) in [5, 5.41) is 12.7. The molecule has 2 N–H and O–H groups in total. The monoisotopic (exact) mass is 295 g/mol. The van der Waals surface area contributed by atoms with Gasteiger partial charge in [-0.3, -0.25) is 4.79 Å². The molecule has 0 saturated carbocycles. The number of hydrogen-bond acceptors (Lipinski definition) is 2. The first-order chi connectivity index (χ1) is 10.4. The van der Waals surface area contributed by atoms with Crippen molar-refractivity contribution in [3.63, 3.8) is 0 Å². The Hall–Kier alpha value is -2.39. The van der Waals surface area contributed by atoms with E-state index < -0.39 is 5.60 Å². The van der Waals surface area contributed by atoms with Gasteiger partial charge < -0.3 is 10.4 Å². The van der Waals surface area contributed by atoms with Crippen LogP contribution in [0.4, 0.5) is 0 Å². The predicted molar refractivity (Wildman–Crippen MR) is 89.0 cm³/mol. The first-order valence-electron chi connectivity index (χ1n) is 7.28. The number of carbonyl (C=O) groups is 1. The molecule has 0 aliphatic carbocycles. The highest BCUT2D eigenvalue weighted by Gasteiger charge is 2.14. The summed E-state index contributed by atoms with van der Waals surface area (Å²) in [7, 11) is 0. The first-order valence-corrected chi connectivity index (χ1v) is 7.28. The van der Waals surface area contributed by atoms with Gasteiger partial charge in [0.05, 0.1) is 5.60 Å². The molecule has 0 unspecified atom stereocenters. The fraction of sp³-hybridized carbons (Fsp3) is 0.211. The summed E-state index contributed by atoms with van der Waals surface area (Å²) in [4.78, 5) is 11.8. The molecule has 0 atom stereocenters. The Morgan fingerprint density at radius 2 is 1.73 bits per heavy atom. The van der Waals surface area contributed by atoms with Gasteiger partial charge in [-0.25, -0.2) is 0 Å². The van der Waals surface area contributed by atoms with E-state index >= 15 is 0 Å². The van der Waals surface area contributed by atoms with Crippen molar-refractivity contribution in [2.75, 3.05) is 0 Å². The van der Waals surface area contributed by atoms with Crippen LogP contribution in [0.1, 0.15) is 30.5 Å². The van der Waals surface area contributed by atoms with E-state index in [-0.39, 0.29) is 5.91 Å². The Bertz CT molecular complexity index is 637. The molecular weight excluding hydrogens is 274 g/mol. The minimum Gasteiger partial charge on any atom is -0.386 e. The van der Waals surface area contributed by atoms with Gasteiger partial charge in [0.15, 0.2) is 0 Å². The fourth-order valence-corrected chi connectivity index (χ4v) is 2.01. The molecule has 0 saturated heterocycles. The van der Waals surface area contributed by atoms with E-state index in [2.05, 4.69) is 5.32 Å². The largest absolute Gasteiger partial charge is 0.386 e. The summed E-state index contributed by atoms with van der Waals surface area (Å²) in [6.07, 6.45) is 3.31. The SMILES string of the molecule is CC(C)(O)c1ccc(CNC(=O)/C=C/c2ccccc2)cc1. The molecule has 3 nitrogen and oxygen atoms in total. The average Bonchev–Trinajstić information content (AvgIpc) is 2.51. The zero-order valence-corrected chi connectivity index (χ0v) is 12.9. The normalized spacial score (nSPS) is 11.6. The lowest BCUT2D eigenvalue weighted by Gasteiger charge is -2.17. The summed E-state index contributed by atoms with van der Waals surface area (Å²) in [6.45, 7) is 3.96. The summed E-state index contributed by atoms with van der Waals surface area (Å²) >= 11 is 0. The molecule has 114 valence electrons. The van der Waals surface area contributed by atoms with Crippen LogP contribution in [-0.2, 0) is 16.9 Å². The second-order valence-corrected chi connectivity index (χ2v) is 5.72. The van der Waals surface area contributed by atoms with Gasteiger partial charge in [0.25, 0.3) is 0 Å². The van der Waals surface area contributed by atoms with Crippen LogP contribution in [0.25, 0.3) is 6.08 Å². The van der Waals surface area contributed by atoms with Crippen LogP contribution in [0, 0.1) is 0 Å². The summed E-state index contributed by atoms with van der Waals surface area (Å²) < 4.78 is 0. The van der Waals surface area contributed by atoms with Crippen LogP contribution in [0.5, 0.6) is 0 Å². The van der Waals surface area contributed by atoms with Gasteiger partial charge in [-0.1, -0.05) is 54.6 Å². The molecule has 0 aliphatic rings. The van der Waals surface area contributed by atoms with E-state index in [1.807, 2.05) is 54.6 Å². The van der Waals surface area contributed by atoms with Gasteiger partial charge in [0.1, 0.15) is 0 Å². The number of benzene rings is 2. The highest BCUT2D eigenvalue weighted by molar-refractivity contribution is 5.91. The molecule has 0 spiro atoms. The quantitative estimate of drug-likeness (QED) is 0.832. The number of hydrogen-bond donors (Lipinski definition) is 2. The third-order valence-corrected chi connectivity index (χ3v) is 3.35. The van der Waals surface area contributed by atoms with E-state index in [9.17, 15) is 9.90 Å². The lowest BCUT2D eigenvalue weighted by Crippen LogP contribution is -2.20. The predicted octanol–water partition coefficient (Wildman–Crippen LogP) is 3.24. The molecule has 2 aromatic rings. The van der Waals surface area contributed by atoms with Crippen molar-refractivity contribution in [2.24, 2.45) is 0 Å². The maximum atomic E-state index is 11.8. The average molecular weight is 295 g/mol. The fourth-order valence-electron chi connectivity index (χ4n) is 2.01. The molecule has 1 amide bonds. The third-order valence-electron chi connectivity index (χ3n) is 3.35. The van der Waals surface area contributed by atoms with Gasteiger partial charge in [-0.2, -0.15) is 0 Å². The van der Waals surface area contributed by atoms with Crippen molar-refractivity contribution in [3.8, 4) is 0 Å². The highest BCUT2D eigenvalue weighted by Crippen LogP contribution is 2.19. The van der Waals surface area contributed by atoms with E-state index in [0.29, 0.717) is 6.54 Å². The van der Waals surface area contributed by atoms with Crippen molar-refractivity contribution >= 4 is 12.0 Å². The Labute approximate surface area is 131 Å². The molecule has 3 heteroatoms. The van der Waals surface area contributed by atoms with Crippen LogP contribution < -0.4 is 5.32 Å². The molecular formula is C19H21NO2. The van der Waals surface area contributed by atoms with E-state index in [4.69, 9.17) is 0 Å². The molecule has 2 aromatic carbocycles. The van der Waals surface area contributed by atoms with E-state index in [1.165, 1.54) is 6.08 Å². The molecule has 0 aromatic heterocycles. The van der Waals surface area contributed by atoms with Crippen molar-refractivity contribution in [2.45, 2.75) is 26.0 Å². The second-order valence-electron chi connectivity index (χ2n) is 5.72. The smallest absolute Gasteiger partial charge is 0.244 e. The van der Waals surface area contributed by atoms with Crippen molar-refractivity contribution < 1.29 is 9.90 Å². The number of aliphatic hydroxyl groups is 1. The van der Waals surface area contributed by atoms with Crippen LogP contribution in [0.15, 0.2) is 60.7 Å². The molecule has 0 heterocycles. The van der Waals surface area contributed by atoms with Crippen molar-refractivity contribution in [1.29, 1.82) is 0 Å². The molecule has 0 fully saturated rings. The number of carbonyl (C=O) groups excluding carboxylic acids is 1. The number of rotatable bonds is 5. The van der Waals surface area contributed by atoms with Crippen LogP contribution in [-0.4, -0.2) is 11.0 Å². The zero-order chi connectivity index (χ0) is 16.0. The zero-order valence-electron chi connectivity index (χ0n) is 12.9. The second kappa shape index (κ2) is 7.05. The lowest BCUT2D eigenvalue weighted by atomic mass is 9.97. The van der Waals surface area contributed by atoms with Gasteiger partial charge in [-0.15, -0.1) is 0 Å². The Balaban J connectivity index is 1.87. The Morgan fingerprint density at radius 3 is 2.32 bits per heavy atom. The van der Waals surface area contributed by atoms with E-state index in [0.717, 1.165) is 16.7 Å². The highest BCUT2D eigenvalue weighted by atomic mass is 16.3. The maximum Gasteiger partial charge on any atom is 0.244 e. The standard InChI is InChI=1S/C19H21NO2/c1-19(2,22)17-11-8-16(9-12-17)14-20-18(21)13-10-15-6-4-3-5-7-15/h3-13,22H,14H2,1-2H3,(H,20,21)/b13-10+. The summed E-state index contributed by atoms with van der Waals surface area (Å²) in [6, 6.07) is 17.3. The topological polar surface area (TPSA) is 49.3 Å². The van der Waals surface area contributed by atoms with E-state index in [1.54, 1.807) is 19.9 Å². The molecule has 2 rings (SSSR count). The molecule has 0 aliphatic heterocycles. The summed E-state index contributed by atoms with van der Waals surface area (Å²) in [5.41, 5.74) is 1.99. The minimum atomic E-state index is -0.847. The Morgan fingerprint density at radius 1 is 1.09 bits per heavy atom. The maximum absolute atomic E-state index is 11.8. The van der Waals surface area contributed by atoms with Crippen LogP contribution in [0.2, 0.25) is 0 Å². The first kappa shape index (κ1) is 16.0. The Kier molecular flexibility index (Phi) is 5.12. The number of amides is 1. The van der Waals surface area contributed by atoms with Gasteiger partial charge in [-0.05, 0) is 36.6 Å². The minimum absolute atomic E-state index is 0.129. The van der Waals surface area contributed by atoms with Crippen molar-refractivity contribution in [3.05, 3.63) is 77.4 Å². The van der Waals surface area contributed by atoms with Gasteiger partial charge in [0, 0.05) is 12.6 Å². The van der Waals surface area contributed by atoms with Crippen molar-refractivity contribution in [1.82, 2.24) is 5.32 Å². The lowest BCUT2D eigenvalue weighted by molar-refractivity contribution is -0.116. The molecule has 0 bridgehead atoms. The summed E-state index contributed by atoms with van der Waals surface area (Å²) in [5.74, 6) is -0.129. The molecule has 22 heavy (non-hydrogen) atoms. The van der Waals surface area contributed by atoms with Gasteiger partial charge >= 0.3 is 0 Å². The van der Waals surface area contributed by atoms with Crippen LogP contribution >= 0.6 is 0 Å². The molecule has 0 radical (unpaired) electrons. The van der Waals surface area contributed by atoms with Gasteiger partial charge in [0.2, 0.25) is 5.91 Å². The van der Waals surface area contributed by atoms with Crippen LogP contribution in [0.3, 0.4) is 0 Å². The third kappa shape index (κ3) is 4.86.